The molecule has 0 amide bonds. The van der Waals surface area contributed by atoms with Crippen molar-refractivity contribution >= 4 is 16.0 Å². The van der Waals surface area contributed by atoms with E-state index in [1.807, 2.05) is 0 Å². The number of carboxylic acids is 1. The van der Waals surface area contributed by atoms with E-state index in [-0.39, 0.29) is 12.2 Å². The molecule has 18 heavy (non-hydrogen) atoms. The van der Waals surface area contributed by atoms with Crippen LogP contribution in [0.1, 0.15) is 33.6 Å². The summed E-state index contributed by atoms with van der Waals surface area (Å²) in [6, 6.07) is -1.09. The Morgan fingerprint density at radius 3 is 2.33 bits per heavy atom. The summed E-state index contributed by atoms with van der Waals surface area (Å²) >= 11 is 0. The van der Waals surface area contributed by atoms with E-state index in [4.69, 9.17) is 9.84 Å². The van der Waals surface area contributed by atoms with Gasteiger partial charge in [0.05, 0.1) is 5.75 Å². The second-order valence-corrected chi connectivity index (χ2v) is 7.22. The maximum atomic E-state index is 11.8. The lowest BCUT2D eigenvalue weighted by molar-refractivity contribution is -0.139. The second kappa shape index (κ2) is 7.06. The Morgan fingerprint density at radius 1 is 1.39 bits per heavy atom. The molecule has 0 saturated carbocycles. The second-order valence-electron chi connectivity index (χ2n) is 5.46. The molecule has 1 unspecified atom stereocenters. The molecule has 0 spiro atoms. The quantitative estimate of drug-likeness (QED) is 0.643. The van der Waals surface area contributed by atoms with E-state index in [9.17, 15) is 13.2 Å². The first-order valence-electron chi connectivity index (χ1n) is 5.79. The van der Waals surface area contributed by atoms with Crippen molar-refractivity contribution in [3.8, 4) is 0 Å². The zero-order chi connectivity index (χ0) is 14.4. The fourth-order valence-corrected chi connectivity index (χ4v) is 3.37. The Balaban J connectivity index is 4.53. The third-order valence-corrected chi connectivity index (χ3v) is 3.97. The standard InChI is InChI=1S/C11H23NO5S/c1-11(2,3)8-18(15,16)12-9(10(13)14)6-5-7-17-4/h9,12H,5-8H2,1-4H3,(H,13,14). The topological polar surface area (TPSA) is 92.7 Å². The molecule has 6 nitrogen and oxygen atoms in total. The average molecular weight is 281 g/mol. The first-order chi connectivity index (χ1) is 8.07. The smallest absolute Gasteiger partial charge is 0.321 e. The number of sulfonamides is 1. The molecule has 1 atom stereocenters. The molecular weight excluding hydrogens is 258 g/mol. The summed E-state index contributed by atoms with van der Waals surface area (Å²) in [7, 11) is -2.08. The number of ether oxygens (including phenoxy) is 1. The highest BCUT2D eigenvalue weighted by Gasteiger charge is 2.27. The van der Waals surface area contributed by atoms with Crippen molar-refractivity contribution in [1.29, 1.82) is 0 Å². The van der Waals surface area contributed by atoms with Crippen molar-refractivity contribution in [3.05, 3.63) is 0 Å². The Bertz CT molecular complexity index is 358. The molecule has 7 heteroatoms. The van der Waals surface area contributed by atoms with Crippen LogP contribution < -0.4 is 4.72 Å². The van der Waals surface area contributed by atoms with E-state index < -0.39 is 27.4 Å². The Kier molecular flexibility index (Phi) is 6.80. The van der Waals surface area contributed by atoms with E-state index >= 15 is 0 Å². The van der Waals surface area contributed by atoms with Crippen LogP contribution >= 0.6 is 0 Å². The molecule has 0 bridgehead atoms. The van der Waals surface area contributed by atoms with Gasteiger partial charge in [0, 0.05) is 13.7 Å². The molecule has 0 aromatic heterocycles. The number of rotatable bonds is 8. The van der Waals surface area contributed by atoms with Crippen LogP contribution in [-0.2, 0) is 19.6 Å². The van der Waals surface area contributed by atoms with Gasteiger partial charge >= 0.3 is 5.97 Å². The number of carboxylic acid groups (broad SMARTS) is 1. The number of carbonyl (C=O) groups is 1. The Hall–Kier alpha value is -0.660. The van der Waals surface area contributed by atoms with Gasteiger partial charge in [0.2, 0.25) is 10.0 Å². The zero-order valence-electron chi connectivity index (χ0n) is 11.4. The maximum Gasteiger partial charge on any atom is 0.321 e. The minimum atomic E-state index is -3.59. The zero-order valence-corrected chi connectivity index (χ0v) is 12.2. The van der Waals surface area contributed by atoms with Crippen LogP contribution in [0.4, 0.5) is 0 Å². The van der Waals surface area contributed by atoms with Gasteiger partial charge in [-0.25, -0.2) is 13.1 Å². The largest absolute Gasteiger partial charge is 0.480 e. The van der Waals surface area contributed by atoms with Gasteiger partial charge in [-0.05, 0) is 18.3 Å². The maximum absolute atomic E-state index is 11.8. The van der Waals surface area contributed by atoms with Crippen molar-refractivity contribution in [1.82, 2.24) is 4.72 Å². The van der Waals surface area contributed by atoms with Gasteiger partial charge in [0.15, 0.2) is 0 Å². The minimum Gasteiger partial charge on any atom is -0.480 e. The molecule has 0 aromatic rings. The molecule has 0 aliphatic carbocycles. The molecule has 0 rings (SSSR count). The summed E-state index contributed by atoms with van der Waals surface area (Å²) in [6.45, 7) is 5.76. The lowest BCUT2D eigenvalue weighted by atomic mass is 10.0. The van der Waals surface area contributed by atoms with E-state index in [1.165, 1.54) is 7.11 Å². The van der Waals surface area contributed by atoms with Gasteiger partial charge in [-0.1, -0.05) is 20.8 Å². The molecule has 0 heterocycles. The van der Waals surface area contributed by atoms with Crippen molar-refractivity contribution in [3.63, 3.8) is 0 Å². The first-order valence-corrected chi connectivity index (χ1v) is 7.44. The SMILES string of the molecule is COCCCC(NS(=O)(=O)CC(C)(C)C)C(=O)O. The lowest BCUT2D eigenvalue weighted by Gasteiger charge is -2.21. The van der Waals surface area contributed by atoms with Crippen molar-refractivity contribution in [2.24, 2.45) is 5.41 Å². The highest BCUT2D eigenvalue weighted by molar-refractivity contribution is 7.89. The van der Waals surface area contributed by atoms with Gasteiger partial charge in [-0.15, -0.1) is 0 Å². The van der Waals surface area contributed by atoms with Gasteiger partial charge in [0.25, 0.3) is 0 Å². The molecule has 0 fully saturated rings. The van der Waals surface area contributed by atoms with Crippen LogP contribution in [0.3, 0.4) is 0 Å². The highest BCUT2D eigenvalue weighted by Crippen LogP contribution is 2.16. The van der Waals surface area contributed by atoms with Crippen LogP contribution in [0, 0.1) is 5.41 Å². The van der Waals surface area contributed by atoms with E-state index in [0.717, 1.165) is 0 Å². The molecule has 2 N–H and O–H groups in total. The van der Waals surface area contributed by atoms with Gasteiger partial charge in [0.1, 0.15) is 6.04 Å². The summed E-state index contributed by atoms with van der Waals surface area (Å²) in [6.07, 6.45) is 0.706. The summed E-state index contributed by atoms with van der Waals surface area (Å²) in [4.78, 5) is 11.0. The normalized spacial score (nSPS) is 14.4. The number of hydrogen-bond acceptors (Lipinski definition) is 4. The number of aliphatic carboxylic acids is 1. The Morgan fingerprint density at radius 2 is 1.94 bits per heavy atom. The van der Waals surface area contributed by atoms with E-state index in [0.29, 0.717) is 13.0 Å². The van der Waals surface area contributed by atoms with Crippen LogP contribution in [0.25, 0.3) is 0 Å². The molecule has 0 aliphatic heterocycles. The predicted octanol–water partition coefficient (Wildman–Crippen LogP) is 0.832. The fourth-order valence-electron chi connectivity index (χ4n) is 1.49. The number of methoxy groups -OCH3 is 1. The summed E-state index contributed by atoms with van der Waals surface area (Å²) in [5.74, 6) is -1.27. The van der Waals surface area contributed by atoms with Gasteiger partial charge in [-0.2, -0.15) is 0 Å². The summed E-state index contributed by atoms with van der Waals surface area (Å²) < 4.78 is 30.6. The van der Waals surface area contributed by atoms with Crippen LogP contribution in [0.15, 0.2) is 0 Å². The van der Waals surface area contributed by atoms with Crippen LogP contribution in [0.5, 0.6) is 0 Å². The Labute approximate surface area is 109 Å². The third-order valence-electron chi connectivity index (χ3n) is 2.08. The number of hydrogen-bond donors (Lipinski definition) is 2. The van der Waals surface area contributed by atoms with E-state index in [2.05, 4.69) is 4.72 Å². The third kappa shape index (κ3) is 8.43. The molecule has 108 valence electrons. The van der Waals surface area contributed by atoms with Crippen molar-refractivity contribution in [2.75, 3.05) is 19.5 Å². The molecule has 0 aromatic carbocycles. The molecular formula is C11H23NO5S. The van der Waals surface area contributed by atoms with Crippen LogP contribution in [0.2, 0.25) is 0 Å². The predicted molar refractivity (Wildman–Crippen MR) is 68.9 cm³/mol. The minimum absolute atomic E-state index is 0.103. The molecule has 0 saturated heterocycles. The van der Waals surface area contributed by atoms with Crippen molar-refractivity contribution < 1.29 is 23.1 Å². The fraction of sp³-hybridized carbons (Fsp3) is 0.909. The molecule has 0 radical (unpaired) electrons. The monoisotopic (exact) mass is 281 g/mol. The average Bonchev–Trinajstić information content (AvgIpc) is 2.12. The number of nitrogens with one attached hydrogen (secondary N) is 1. The van der Waals surface area contributed by atoms with Crippen molar-refractivity contribution in [2.45, 2.75) is 39.7 Å². The lowest BCUT2D eigenvalue weighted by Crippen LogP contribution is -2.43. The summed E-state index contributed by atoms with van der Waals surface area (Å²) in [5.41, 5.74) is -0.415. The molecule has 0 aliphatic rings. The van der Waals surface area contributed by atoms with Crippen LogP contribution in [-0.4, -0.2) is 45.0 Å². The first kappa shape index (κ1) is 17.3. The van der Waals surface area contributed by atoms with Gasteiger partial charge < -0.3 is 9.84 Å². The summed E-state index contributed by atoms with van der Waals surface area (Å²) in [5, 5.41) is 8.97. The van der Waals surface area contributed by atoms with E-state index in [1.54, 1.807) is 20.8 Å². The van der Waals surface area contributed by atoms with Gasteiger partial charge in [-0.3, -0.25) is 4.79 Å². The highest BCUT2D eigenvalue weighted by atomic mass is 32.2.